The first-order valence-corrected chi connectivity index (χ1v) is 11.2. The molecular weight excluding hydrogens is 436 g/mol. The van der Waals surface area contributed by atoms with Gasteiger partial charge in [0.15, 0.2) is 0 Å². The fourth-order valence-electron chi connectivity index (χ4n) is 3.90. The van der Waals surface area contributed by atoms with E-state index in [9.17, 15) is 14.4 Å². The van der Waals surface area contributed by atoms with E-state index >= 15 is 0 Å². The second-order valence-electron chi connectivity index (χ2n) is 7.95. The molecule has 0 radical (unpaired) electrons. The molecule has 1 aliphatic heterocycles. The largest absolute Gasteiger partial charge is 0.496 e. The van der Waals surface area contributed by atoms with Gasteiger partial charge in [-0.25, -0.2) is 9.59 Å². The quantitative estimate of drug-likeness (QED) is 0.391. The molecule has 3 rings (SSSR count). The molecule has 1 heterocycles. The summed E-state index contributed by atoms with van der Waals surface area (Å²) in [4.78, 5) is 37.1. The molecule has 1 aliphatic rings. The number of hydrogen-bond acceptors (Lipinski definition) is 6. The van der Waals surface area contributed by atoms with Crippen LogP contribution in [0, 0.1) is 6.92 Å². The van der Waals surface area contributed by atoms with E-state index in [2.05, 4.69) is 10.6 Å². The first-order valence-electron chi connectivity index (χ1n) is 11.2. The average molecular weight is 467 g/mol. The van der Waals surface area contributed by atoms with Gasteiger partial charge in [0.25, 0.3) is 0 Å². The number of para-hydroxylation sites is 1. The molecule has 0 spiro atoms. The topological polar surface area (TPSA) is 103 Å². The molecule has 0 saturated heterocycles. The normalized spacial score (nSPS) is 12.6. The molecule has 0 aromatic heterocycles. The van der Waals surface area contributed by atoms with Crippen LogP contribution in [0.15, 0.2) is 42.0 Å². The van der Waals surface area contributed by atoms with Gasteiger partial charge < -0.3 is 24.8 Å². The van der Waals surface area contributed by atoms with E-state index in [1.165, 1.54) is 0 Å². The van der Waals surface area contributed by atoms with Gasteiger partial charge in [-0.1, -0.05) is 29.8 Å². The molecule has 0 saturated carbocycles. The van der Waals surface area contributed by atoms with E-state index in [4.69, 9.17) is 14.2 Å². The Labute approximate surface area is 199 Å². The first kappa shape index (κ1) is 24.8. The summed E-state index contributed by atoms with van der Waals surface area (Å²) in [5.74, 6) is -0.148. The van der Waals surface area contributed by atoms with Crippen molar-refractivity contribution in [3.05, 3.63) is 64.2 Å². The van der Waals surface area contributed by atoms with Crippen molar-refractivity contribution in [2.75, 3.05) is 24.4 Å². The number of anilines is 2. The van der Waals surface area contributed by atoms with Crippen LogP contribution in [0.4, 0.5) is 16.2 Å². The van der Waals surface area contributed by atoms with Crippen LogP contribution in [0.2, 0.25) is 0 Å². The lowest BCUT2D eigenvalue weighted by atomic mass is 9.93. The summed E-state index contributed by atoms with van der Waals surface area (Å²) in [6.45, 7) is 6.05. The maximum absolute atomic E-state index is 12.8. The van der Waals surface area contributed by atoms with Crippen molar-refractivity contribution in [1.29, 1.82) is 0 Å². The van der Waals surface area contributed by atoms with Gasteiger partial charge in [0, 0.05) is 23.2 Å². The average Bonchev–Trinajstić information content (AvgIpc) is 3.21. The second-order valence-corrected chi connectivity index (χ2v) is 7.95. The van der Waals surface area contributed by atoms with E-state index in [-0.39, 0.29) is 19.0 Å². The zero-order chi connectivity index (χ0) is 24.7. The third-order valence-corrected chi connectivity index (χ3v) is 5.63. The van der Waals surface area contributed by atoms with Crippen molar-refractivity contribution < 1.29 is 28.6 Å². The number of hydrogen-bond donors (Lipinski definition) is 2. The molecule has 180 valence electrons. The number of amides is 2. The number of carbonyl (C=O) groups excluding carboxylic acids is 3. The van der Waals surface area contributed by atoms with Crippen LogP contribution in [-0.2, 0) is 27.3 Å². The zero-order valence-corrected chi connectivity index (χ0v) is 19.9. The molecule has 0 unspecified atom stereocenters. The van der Waals surface area contributed by atoms with Crippen LogP contribution < -0.4 is 15.4 Å². The van der Waals surface area contributed by atoms with Gasteiger partial charge in [-0.2, -0.15) is 0 Å². The number of fused-ring (bicyclic) bond motifs is 1. The van der Waals surface area contributed by atoms with Crippen LogP contribution >= 0.6 is 0 Å². The molecule has 0 bridgehead atoms. The van der Waals surface area contributed by atoms with Crippen LogP contribution in [0.3, 0.4) is 0 Å². The SMILES string of the molecule is CCOC(=O)CCC(C)=CCc1c(NC(=O)Nc2ccccc2)c2c(c(C)c1OC)COC2=O. The van der Waals surface area contributed by atoms with Crippen molar-refractivity contribution in [3.63, 3.8) is 0 Å². The molecule has 0 aliphatic carbocycles. The van der Waals surface area contributed by atoms with Crippen molar-refractivity contribution >= 4 is 29.3 Å². The molecule has 34 heavy (non-hydrogen) atoms. The molecule has 2 aromatic rings. The summed E-state index contributed by atoms with van der Waals surface area (Å²) in [6, 6.07) is 8.54. The molecule has 0 fully saturated rings. The number of allylic oxidation sites excluding steroid dienone is 2. The van der Waals surface area contributed by atoms with Gasteiger partial charge in [-0.05, 0) is 51.3 Å². The van der Waals surface area contributed by atoms with Gasteiger partial charge in [-0.3, -0.25) is 4.79 Å². The van der Waals surface area contributed by atoms with Crippen LogP contribution in [-0.4, -0.2) is 31.7 Å². The van der Waals surface area contributed by atoms with E-state index < -0.39 is 12.0 Å². The Morgan fingerprint density at radius 1 is 1.15 bits per heavy atom. The first-order chi connectivity index (χ1) is 16.3. The Morgan fingerprint density at radius 3 is 2.56 bits per heavy atom. The summed E-state index contributed by atoms with van der Waals surface area (Å²) in [5, 5.41) is 5.62. The Bertz CT molecular complexity index is 1110. The molecule has 0 atom stereocenters. The van der Waals surface area contributed by atoms with Crippen molar-refractivity contribution in [2.24, 2.45) is 0 Å². The number of benzene rings is 2. The third kappa shape index (κ3) is 5.75. The van der Waals surface area contributed by atoms with Gasteiger partial charge in [0.1, 0.15) is 12.4 Å². The highest BCUT2D eigenvalue weighted by atomic mass is 16.5. The monoisotopic (exact) mass is 466 g/mol. The third-order valence-electron chi connectivity index (χ3n) is 5.63. The van der Waals surface area contributed by atoms with Crippen molar-refractivity contribution in [3.8, 4) is 5.75 Å². The van der Waals surface area contributed by atoms with Gasteiger partial charge in [-0.15, -0.1) is 0 Å². The fraction of sp³-hybridized carbons (Fsp3) is 0.346. The number of ether oxygens (including phenoxy) is 3. The number of carbonyl (C=O) groups is 3. The molecule has 8 heteroatoms. The number of nitrogens with one attached hydrogen (secondary N) is 2. The summed E-state index contributed by atoms with van der Waals surface area (Å²) < 4.78 is 16.0. The minimum absolute atomic E-state index is 0.125. The Kier molecular flexibility index (Phi) is 8.29. The van der Waals surface area contributed by atoms with Crippen molar-refractivity contribution in [2.45, 2.75) is 46.6 Å². The standard InChI is InChI=1S/C26H30N2O6/c1-5-33-21(29)14-12-16(2)11-13-19-23(28-26(31)27-18-9-7-6-8-10-18)22-20(15-34-25(22)30)17(3)24(19)32-4/h6-11H,5,12-15H2,1-4H3,(H2,27,28,31). The van der Waals surface area contributed by atoms with Gasteiger partial charge in [0.2, 0.25) is 0 Å². The van der Waals surface area contributed by atoms with Crippen molar-refractivity contribution in [1.82, 2.24) is 0 Å². The van der Waals surface area contributed by atoms with E-state index in [1.807, 2.05) is 38.1 Å². The minimum Gasteiger partial charge on any atom is -0.496 e. The maximum atomic E-state index is 12.8. The maximum Gasteiger partial charge on any atom is 0.341 e. The Hall–Kier alpha value is -3.81. The highest BCUT2D eigenvalue weighted by Crippen LogP contribution is 2.41. The van der Waals surface area contributed by atoms with E-state index in [0.717, 1.165) is 11.1 Å². The van der Waals surface area contributed by atoms with Gasteiger partial charge in [0.05, 0.1) is 25.0 Å². The minimum atomic E-state index is -0.486. The number of cyclic esters (lactones) is 1. The fourth-order valence-corrected chi connectivity index (χ4v) is 3.90. The smallest absolute Gasteiger partial charge is 0.341 e. The highest BCUT2D eigenvalue weighted by molar-refractivity contribution is 6.08. The number of esters is 2. The van der Waals surface area contributed by atoms with Crippen LogP contribution in [0.1, 0.15) is 53.7 Å². The lowest BCUT2D eigenvalue weighted by Gasteiger charge is -2.20. The predicted octanol–water partition coefficient (Wildman–Crippen LogP) is 5.15. The highest BCUT2D eigenvalue weighted by Gasteiger charge is 2.32. The van der Waals surface area contributed by atoms with E-state index in [0.29, 0.717) is 53.3 Å². The summed E-state index contributed by atoms with van der Waals surface area (Å²) in [7, 11) is 1.56. The second kappa shape index (κ2) is 11.4. The van der Waals surface area contributed by atoms with E-state index in [1.54, 1.807) is 26.2 Å². The summed E-state index contributed by atoms with van der Waals surface area (Å²) in [6.07, 6.45) is 3.18. The molecule has 8 nitrogen and oxygen atoms in total. The Morgan fingerprint density at radius 2 is 1.88 bits per heavy atom. The molecule has 2 amide bonds. The summed E-state index contributed by atoms with van der Waals surface area (Å²) >= 11 is 0. The molecule has 2 N–H and O–H groups in total. The number of urea groups is 1. The lowest BCUT2D eigenvalue weighted by molar-refractivity contribution is -0.143. The number of methoxy groups -OCH3 is 1. The van der Waals surface area contributed by atoms with Crippen LogP contribution in [0.5, 0.6) is 5.75 Å². The lowest BCUT2D eigenvalue weighted by Crippen LogP contribution is -2.22. The van der Waals surface area contributed by atoms with Gasteiger partial charge >= 0.3 is 18.0 Å². The number of rotatable bonds is 9. The van der Waals surface area contributed by atoms with Crippen LogP contribution in [0.25, 0.3) is 0 Å². The Balaban J connectivity index is 1.93. The molecule has 2 aromatic carbocycles. The molecular formula is C26H30N2O6. The summed E-state index contributed by atoms with van der Waals surface area (Å²) in [5.41, 5.74) is 4.46. The predicted molar refractivity (Wildman–Crippen MR) is 129 cm³/mol. The zero-order valence-electron chi connectivity index (χ0n) is 19.9.